The number of carbonyl (C=O) groups excluding carboxylic acids is 1. The Labute approximate surface area is 141 Å². The van der Waals surface area contributed by atoms with E-state index in [2.05, 4.69) is 20.6 Å². The minimum absolute atomic E-state index is 0.182. The molecule has 4 N–H and O–H groups in total. The number of rotatable bonds is 5. The highest BCUT2D eigenvalue weighted by atomic mass is 32.1. The molecule has 0 radical (unpaired) electrons. The lowest BCUT2D eigenvalue weighted by atomic mass is 10.2. The van der Waals surface area contributed by atoms with Crippen LogP contribution in [0.5, 0.6) is 0 Å². The number of imidazole rings is 1. The Morgan fingerprint density at radius 1 is 1.33 bits per heavy atom. The molecule has 0 aliphatic carbocycles. The molecular formula is C15H17N5O3S. The number of aromatic nitrogens is 3. The van der Waals surface area contributed by atoms with Crippen molar-refractivity contribution in [2.24, 2.45) is 0 Å². The van der Waals surface area contributed by atoms with Gasteiger partial charge in [-0.3, -0.25) is 5.32 Å². The summed E-state index contributed by atoms with van der Waals surface area (Å²) in [4.78, 5) is 20.4. The summed E-state index contributed by atoms with van der Waals surface area (Å²) in [5.41, 5.74) is 2.05. The van der Waals surface area contributed by atoms with Crippen LogP contribution >= 0.6 is 11.3 Å². The smallest absolute Gasteiger partial charge is 0.325 e. The molecule has 0 atom stereocenters. The number of aliphatic hydroxyl groups excluding tert-OH is 2. The summed E-state index contributed by atoms with van der Waals surface area (Å²) >= 11 is 1.33. The number of anilines is 2. The molecule has 0 spiro atoms. The first kappa shape index (κ1) is 16.4. The topological polar surface area (TPSA) is 112 Å². The largest absolute Gasteiger partial charge is 0.394 e. The summed E-state index contributed by atoms with van der Waals surface area (Å²) in [7, 11) is 0. The van der Waals surface area contributed by atoms with Crippen molar-refractivity contribution >= 4 is 39.2 Å². The number of aryl methyl sites for hydroxylation is 1. The van der Waals surface area contributed by atoms with Crippen LogP contribution < -0.4 is 10.6 Å². The summed E-state index contributed by atoms with van der Waals surface area (Å²) in [6.45, 7) is 1.44. The Morgan fingerprint density at radius 3 is 2.79 bits per heavy atom. The van der Waals surface area contributed by atoms with Gasteiger partial charge in [0.05, 0.1) is 30.3 Å². The second-order valence-corrected chi connectivity index (χ2v) is 6.06. The molecule has 126 valence electrons. The van der Waals surface area contributed by atoms with Gasteiger partial charge in [0.15, 0.2) is 5.13 Å². The zero-order valence-corrected chi connectivity index (χ0v) is 13.7. The highest BCUT2D eigenvalue weighted by Gasteiger charge is 2.16. The van der Waals surface area contributed by atoms with Crippen molar-refractivity contribution in [1.82, 2.24) is 14.5 Å². The first-order chi connectivity index (χ1) is 11.6. The SMILES string of the molecule is Cc1nc2cc(NC(=O)Nc3nccs3)ccc2n1C(CO)CO. The number of amides is 2. The lowest BCUT2D eigenvalue weighted by molar-refractivity contribution is 0.155. The molecular weight excluding hydrogens is 330 g/mol. The summed E-state index contributed by atoms with van der Waals surface area (Å²) in [6, 6.07) is 4.46. The van der Waals surface area contributed by atoms with E-state index in [4.69, 9.17) is 0 Å². The maximum Gasteiger partial charge on any atom is 0.325 e. The van der Waals surface area contributed by atoms with Crippen molar-refractivity contribution in [3.63, 3.8) is 0 Å². The van der Waals surface area contributed by atoms with Gasteiger partial charge in [0, 0.05) is 17.3 Å². The molecule has 0 unspecified atom stereocenters. The summed E-state index contributed by atoms with van der Waals surface area (Å²) in [6.07, 6.45) is 1.61. The van der Waals surface area contributed by atoms with Crippen LogP contribution in [0.15, 0.2) is 29.8 Å². The highest BCUT2D eigenvalue weighted by Crippen LogP contribution is 2.24. The van der Waals surface area contributed by atoms with Crippen molar-refractivity contribution in [3.05, 3.63) is 35.6 Å². The van der Waals surface area contributed by atoms with Gasteiger partial charge < -0.3 is 20.1 Å². The Morgan fingerprint density at radius 2 is 2.12 bits per heavy atom. The van der Waals surface area contributed by atoms with Crippen molar-refractivity contribution in [1.29, 1.82) is 0 Å². The van der Waals surface area contributed by atoms with Crippen molar-refractivity contribution in [2.75, 3.05) is 23.8 Å². The average molecular weight is 347 g/mol. The molecule has 0 fully saturated rings. The van der Waals surface area contributed by atoms with Crippen LogP contribution in [-0.4, -0.2) is 44.0 Å². The number of urea groups is 1. The van der Waals surface area contributed by atoms with Crippen LogP contribution in [0.2, 0.25) is 0 Å². The molecule has 9 heteroatoms. The molecule has 0 bridgehead atoms. The van der Waals surface area contributed by atoms with Gasteiger partial charge in [0.2, 0.25) is 0 Å². The quantitative estimate of drug-likeness (QED) is 0.564. The molecule has 0 saturated carbocycles. The van der Waals surface area contributed by atoms with E-state index in [0.29, 0.717) is 22.2 Å². The molecule has 1 aromatic carbocycles. The van der Waals surface area contributed by atoms with Gasteiger partial charge in [-0.1, -0.05) is 0 Å². The van der Waals surface area contributed by atoms with E-state index in [9.17, 15) is 15.0 Å². The maximum absolute atomic E-state index is 11.9. The molecule has 2 aromatic heterocycles. The molecule has 24 heavy (non-hydrogen) atoms. The average Bonchev–Trinajstić information content (AvgIpc) is 3.16. The summed E-state index contributed by atoms with van der Waals surface area (Å²) in [5, 5.41) is 26.5. The van der Waals surface area contributed by atoms with E-state index < -0.39 is 6.04 Å². The van der Waals surface area contributed by atoms with E-state index in [1.54, 1.807) is 41.3 Å². The van der Waals surface area contributed by atoms with E-state index in [1.807, 2.05) is 0 Å². The molecule has 0 aliphatic rings. The van der Waals surface area contributed by atoms with Gasteiger partial charge in [-0.05, 0) is 25.1 Å². The lowest BCUT2D eigenvalue weighted by Crippen LogP contribution is -2.19. The minimum Gasteiger partial charge on any atom is -0.394 e. The van der Waals surface area contributed by atoms with Crippen LogP contribution in [0.3, 0.4) is 0 Å². The number of nitrogens with one attached hydrogen (secondary N) is 2. The first-order valence-electron chi connectivity index (χ1n) is 7.30. The van der Waals surface area contributed by atoms with Crippen LogP contribution in [0.1, 0.15) is 11.9 Å². The van der Waals surface area contributed by atoms with E-state index >= 15 is 0 Å². The second-order valence-electron chi connectivity index (χ2n) is 5.17. The third-order valence-corrected chi connectivity index (χ3v) is 4.25. The monoisotopic (exact) mass is 347 g/mol. The number of hydrogen-bond donors (Lipinski definition) is 4. The van der Waals surface area contributed by atoms with E-state index in [-0.39, 0.29) is 19.2 Å². The summed E-state index contributed by atoms with van der Waals surface area (Å²) in [5.74, 6) is 0.683. The van der Waals surface area contributed by atoms with Crippen molar-refractivity contribution < 1.29 is 15.0 Å². The zero-order valence-electron chi connectivity index (χ0n) is 12.9. The number of hydrogen-bond acceptors (Lipinski definition) is 6. The Hall–Kier alpha value is -2.49. The van der Waals surface area contributed by atoms with Gasteiger partial charge in [-0.25, -0.2) is 14.8 Å². The Bertz CT molecular complexity index is 842. The fraction of sp³-hybridized carbons (Fsp3) is 0.267. The van der Waals surface area contributed by atoms with Crippen molar-refractivity contribution in [3.8, 4) is 0 Å². The second kappa shape index (κ2) is 6.95. The van der Waals surface area contributed by atoms with Crippen molar-refractivity contribution in [2.45, 2.75) is 13.0 Å². The molecule has 2 amide bonds. The number of fused-ring (bicyclic) bond motifs is 1. The molecule has 8 nitrogen and oxygen atoms in total. The normalized spacial score (nSPS) is 11.2. The molecule has 3 aromatic rings. The minimum atomic E-state index is -0.443. The summed E-state index contributed by atoms with van der Waals surface area (Å²) < 4.78 is 1.79. The van der Waals surface area contributed by atoms with Gasteiger partial charge in [0.25, 0.3) is 0 Å². The molecule has 2 heterocycles. The lowest BCUT2D eigenvalue weighted by Gasteiger charge is -2.16. The van der Waals surface area contributed by atoms with Crippen LogP contribution in [0, 0.1) is 6.92 Å². The van der Waals surface area contributed by atoms with Gasteiger partial charge in [-0.2, -0.15) is 0 Å². The third kappa shape index (κ3) is 3.23. The fourth-order valence-electron chi connectivity index (χ4n) is 2.52. The molecule has 0 aliphatic heterocycles. The number of nitrogens with zero attached hydrogens (tertiary/aromatic N) is 3. The van der Waals surface area contributed by atoms with Gasteiger partial charge >= 0.3 is 6.03 Å². The maximum atomic E-state index is 11.9. The molecule has 0 saturated heterocycles. The fourth-order valence-corrected chi connectivity index (χ4v) is 3.05. The number of aliphatic hydroxyl groups is 2. The molecule has 3 rings (SSSR count). The highest BCUT2D eigenvalue weighted by molar-refractivity contribution is 7.13. The predicted molar refractivity (Wildman–Crippen MR) is 92.4 cm³/mol. The van der Waals surface area contributed by atoms with E-state index in [0.717, 1.165) is 5.52 Å². The van der Waals surface area contributed by atoms with Gasteiger partial charge in [0.1, 0.15) is 5.82 Å². The number of thiazole rings is 1. The van der Waals surface area contributed by atoms with Crippen LogP contribution in [0.4, 0.5) is 15.6 Å². The van der Waals surface area contributed by atoms with Crippen LogP contribution in [-0.2, 0) is 0 Å². The third-order valence-electron chi connectivity index (χ3n) is 3.56. The standard InChI is InChI=1S/C15H17N5O3S/c1-9-17-12-6-10(18-14(23)19-15-16-4-5-24-15)2-3-13(12)20(9)11(7-21)8-22/h2-6,11,21-22H,7-8H2,1H3,(H2,16,18,19,23). The number of carbonyl (C=O) groups is 1. The Kier molecular flexibility index (Phi) is 4.74. The Balaban J connectivity index is 1.83. The van der Waals surface area contributed by atoms with Gasteiger partial charge in [-0.15, -0.1) is 11.3 Å². The predicted octanol–water partition coefficient (Wildman–Crippen LogP) is 1.97. The zero-order chi connectivity index (χ0) is 17.1. The first-order valence-corrected chi connectivity index (χ1v) is 8.18. The van der Waals surface area contributed by atoms with E-state index in [1.165, 1.54) is 11.3 Å². The number of benzene rings is 1. The van der Waals surface area contributed by atoms with Crippen LogP contribution in [0.25, 0.3) is 11.0 Å².